The van der Waals surface area contributed by atoms with E-state index < -0.39 is 0 Å². The predicted molar refractivity (Wildman–Crippen MR) is 138 cm³/mol. The van der Waals surface area contributed by atoms with Crippen LogP contribution in [0.1, 0.15) is 54.6 Å². The standard InChI is InChI=1S/C28H30N6O2/c1-3-20-12-13-25-22(15-20)16-23(28(35)29-25)18-33(19-24-11-8-14-36-24)26(4-2)27-30-31-32-34(27)17-21-9-6-5-7-10-21/h5-16,26H,3-4,17-19H2,1-2H3,(H,29,35)/t26-/m0/s1. The quantitative estimate of drug-likeness (QED) is 0.305. The summed E-state index contributed by atoms with van der Waals surface area (Å²) < 4.78 is 7.53. The molecule has 0 radical (unpaired) electrons. The van der Waals surface area contributed by atoms with Gasteiger partial charge in [0.05, 0.1) is 25.4 Å². The van der Waals surface area contributed by atoms with Gasteiger partial charge in [0.1, 0.15) is 5.76 Å². The van der Waals surface area contributed by atoms with E-state index in [1.807, 2.05) is 47.1 Å². The van der Waals surface area contributed by atoms with E-state index in [0.717, 1.165) is 40.9 Å². The summed E-state index contributed by atoms with van der Waals surface area (Å²) in [6, 6.07) is 22.0. The Morgan fingerprint density at radius 3 is 2.61 bits per heavy atom. The molecule has 2 aromatic carbocycles. The molecule has 36 heavy (non-hydrogen) atoms. The highest BCUT2D eigenvalue weighted by atomic mass is 16.3. The van der Waals surface area contributed by atoms with Crippen LogP contribution in [0.3, 0.4) is 0 Å². The zero-order valence-corrected chi connectivity index (χ0v) is 20.6. The van der Waals surface area contributed by atoms with E-state index in [2.05, 4.69) is 63.5 Å². The summed E-state index contributed by atoms with van der Waals surface area (Å²) in [4.78, 5) is 18.4. The molecule has 3 aromatic heterocycles. The van der Waals surface area contributed by atoms with Crippen molar-refractivity contribution in [3.63, 3.8) is 0 Å². The molecule has 0 unspecified atom stereocenters. The summed E-state index contributed by atoms with van der Waals surface area (Å²) in [6.07, 6.45) is 3.38. The van der Waals surface area contributed by atoms with Gasteiger partial charge in [0.2, 0.25) is 0 Å². The van der Waals surface area contributed by atoms with Crippen LogP contribution in [0.25, 0.3) is 10.9 Å². The van der Waals surface area contributed by atoms with Gasteiger partial charge in [0.15, 0.2) is 5.82 Å². The Balaban J connectivity index is 1.51. The van der Waals surface area contributed by atoms with Crippen LogP contribution in [0.4, 0.5) is 0 Å². The Morgan fingerprint density at radius 1 is 1.00 bits per heavy atom. The first-order valence-electron chi connectivity index (χ1n) is 12.4. The van der Waals surface area contributed by atoms with Gasteiger partial charge in [-0.3, -0.25) is 9.69 Å². The lowest BCUT2D eigenvalue weighted by molar-refractivity contribution is 0.149. The first kappa shape index (κ1) is 23.7. The van der Waals surface area contributed by atoms with Crippen LogP contribution >= 0.6 is 0 Å². The number of benzene rings is 2. The van der Waals surface area contributed by atoms with Crippen molar-refractivity contribution in [1.29, 1.82) is 0 Å². The molecular weight excluding hydrogens is 452 g/mol. The van der Waals surface area contributed by atoms with Crippen molar-refractivity contribution in [2.45, 2.75) is 52.4 Å². The van der Waals surface area contributed by atoms with E-state index >= 15 is 0 Å². The smallest absolute Gasteiger partial charge is 0.252 e. The minimum atomic E-state index is -0.120. The third kappa shape index (κ3) is 5.13. The van der Waals surface area contributed by atoms with Gasteiger partial charge in [-0.15, -0.1) is 5.10 Å². The SMILES string of the molecule is CCc1ccc2[nH]c(=O)c(CN(Cc3ccco3)[C@@H](CC)c3nnnn3Cc3ccccc3)cc2c1. The average Bonchev–Trinajstić information content (AvgIpc) is 3.58. The molecule has 0 fully saturated rings. The summed E-state index contributed by atoms with van der Waals surface area (Å²) in [5, 5.41) is 13.7. The Labute approximate surface area is 209 Å². The lowest BCUT2D eigenvalue weighted by Crippen LogP contribution is -2.32. The third-order valence-electron chi connectivity index (χ3n) is 6.57. The molecule has 0 saturated heterocycles. The fourth-order valence-electron chi connectivity index (χ4n) is 4.66. The van der Waals surface area contributed by atoms with Crippen LogP contribution in [0.15, 0.2) is 82.2 Å². The molecule has 8 nitrogen and oxygen atoms in total. The minimum absolute atomic E-state index is 0.0880. The first-order chi connectivity index (χ1) is 17.6. The highest BCUT2D eigenvalue weighted by Crippen LogP contribution is 2.27. The third-order valence-corrected chi connectivity index (χ3v) is 6.57. The van der Waals surface area contributed by atoms with Crippen molar-refractivity contribution < 1.29 is 4.42 Å². The van der Waals surface area contributed by atoms with E-state index in [9.17, 15) is 4.79 Å². The monoisotopic (exact) mass is 482 g/mol. The summed E-state index contributed by atoms with van der Waals surface area (Å²) in [7, 11) is 0. The maximum atomic E-state index is 13.1. The Bertz CT molecular complexity index is 1470. The number of aromatic amines is 1. The molecule has 0 aliphatic carbocycles. The summed E-state index contributed by atoms with van der Waals surface area (Å²) >= 11 is 0. The van der Waals surface area contributed by atoms with Crippen molar-refractivity contribution in [2.24, 2.45) is 0 Å². The molecule has 184 valence electrons. The van der Waals surface area contributed by atoms with Crippen molar-refractivity contribution in [3.8, 4) is 0 Å². The van der Waals surface area contributed by atoms with Crippen molar-refractivity contribution in [2.75, 3.05) is 0 Å². The zero-order valence-electron chi connectivity index (χ0n) is 20.6. The Hall–Kier alpha value is -4.04. The van der Waals surface area contributed by atoms with Gasteiger partial charge in [0, 0.05) is 17.6 Å². The molecule has 0 aliphatic rings. The van der Waals surface area contributed by atoms with Gasteiger partial charge in [-0.05, 0) is 70.1 Å². The molecule has 0 bridgehead atoms. The largest absolute Gasteiger partial charge is 0.468 e. The summed E-state index contributed by atoms with van der Waals surface area (Å²) in [5.41, 5.74) is 3.81. The molecule has 1 atom stereocenters. The van der Waals surface area contributed by atoms with E-state index in [-0.39, 0.29) is 11.6 Å². The van der Waals surface area contributed by atoms with Crippen LogP contribution in [0.5, 0.6) is 0 Å². The Morgan fingerprint density at radius 2 is 1.86 bits per heavy atom. The van der Waals surface area contributed by atoms with Crippen molar-refractivity contribution in [3.05, 3.63) is 112 Å². The van der Waals surface area contributed by atoms with E-state index in [1.165, 1.54) is 5.56 Å². The number of aromatic nitrogens is 5. The van der Waals surface area contributed by atoms with E-state index in [1.54, 1.807) is 6.26 Å². The number of tetrazole rings is 1. The van der Waals surface area contributed by atoms with E-state index in [4.69, 9.17) is 4.42 Å². The predicted octanol–water partition coefficient (Wildman–Crippen LogP) is 4.87. The fraction of sp³-hybridized carbons (Fsp3) is 0.286. The van der Waals surface area contributed by atoms with Crippen LogP contribution in [-0.4, -0.2) is 30.1 Å². The molecule has 5 rings (SSSR count). The number of hydrogen-bond acceptors (Lipinski definition) is 6. The molecule has 0 amide bonds. The topological polar surface area (TPSA) is 92.8 Å². The van der Waals surface area contributed by atoms with Gasteiger partial charge in [0.25, 0.3) is 5.56 Å². The lowest BCUT2D eigenvalue weighted by atomic mass is 10.1. The Kier molecular flexibility index (Phi) is 7.04. The average molecular weight is 483 g/mol. The maximum absolute atomic E-state index is 13.1. The number of fused-ring (bicyclic) bond motifs is 1. The van der Waals surface area contributed by atoms with Gasteiger partial charge in [-0.25, -0.2) is 4.68 Å². The fourth-order valence-corrected chi connectivity index (χ4v) is 4.66. The summed E-state index contributed by atoms with van der Waals surface area (Å²) in [5.74, 6) is 1.58. The number of furan rings is 1. The number of rotatable bonds is 10. The van der Waals surface area contributed by atoms with Crippen LogP contribution in [0, 0.1) is 0 Å². The number of nitrogens with one attached hydrogen (secondary N) is 1. The van der Waals surface area contributed by atoms with Gasteiger partial charge in [-0.1, -0.05) is 50.2 Å². The first-order valence-corrected chi connectivity index (χ1v) is 12.4. The van der Waals surface area contributed by atoms with Crippen molar-refractivity contribution in [1.82, 2.24) is 30.1 Å². The summed E-state index contributed by atoms with van der Waals surface area (Å²) in [6.45, 7) is 5.77. The minimum Gasteiger partial charge on any atom is -0.468 e. The zero-order chi connectivity index (χ0) is 24.9. The van der Waals surface area contributed by atoms with Crippen LogP contribution in [-0.2, 0) is 26.1 Å². The van der Waals surface area contributed by atoms with Gasteiger partial charge in [-0.2, -0.15) is 0 Å². The maximum Gasteiger partial charge on any atom is 0.252 e. The number of pyridine rings is 1. The number of hydrogen-bond donors (Lipinski definition) is 1. The number of aryl methyl sites for hydroxylation is 1. The second-order valence-corrected chi connectivity index (χ2v) is 8.99. The molecule has 1 N–H and O–H groups in total. The number of nitrogens with zero attached hydrogens (tertiary/aromatic N) is 5. The highest BCUT2D eigenvalue weighted by Gasteiger charge is 2.26. The van der Waals surface area contributed by atoms with Crippen LogP contribution < -0.4 is 5.56 Å². The molecule has 8 heteroatoms. The highest BCUT2D eigenvalue weighted by molar-refractivity contribution is 5.79. The van der Waals surface area contributed by atoms with Crippen molar-refractivity contribution >= 4 is 10.9 Å². The van der Waals surface area contributed by atoms with Gasteiger partial charge < -0.3 is 9.40 Å². The molecule has 0 aliphatic heterocycles. The molecule has 3 heterocycles. The second-order valence-electron chi connectivity index (χ2n) is 8.99. The lowest BCUT2D eigenvalue weighted by Gasteiger charge is -2.29. The molecule has 0 spiro atoms. The second kappa shape index (κ2) is 10.7. The van der Waals surface area contributed by atoms with Crippen LogP contribution in [0.2, 0.25) is 0 Å². The normalized spacial score (nSPS) is 12.4. The molecule has 5 aromatic rings. The molecular formula is C28H30N6O2. The number of H-pyrrole nitrogens is 1. The van der Waals surface area contributed by atoms with Gasteiger partial charge >= 0.3 is 0 Å². The molecule has 0 saturated carbocycles. The van der Waals surface area contributed by atoms with E-state index in [0.29, 0.717) is 25.2 Å².